The molecule has 4 aromatic heterocycles. The van der Waals surface area contributed by atoms with Crippen molar-refractivity contribution in [3.8, 4) is 11.5 Å². The molecule has 0 unspecified atom stereocenters. The number of anilines is 3. The van der Waals surface area contributed by atoms with Gasteiger partial charge in [-0.15, -0.1) is 12.4 Å². The second kappa shape index (κ2) is 11.2. The number of hydrogen-bond acceptors (Lipinski definition) is 11. The van der Waals surface area contributed by atoms with Crippen molar-refractivity contribution in [3.05, 3.63) is 42.0 Å². The highest BCUT2D eigenvalue weighted by Gasteiger charge is 2.25. The van der Waals surface area contributed by atoms with Crippen molar-refractivity contribution in [2.75, 3.05) is 54.5 Å². The number of amides is 1. The fourth-order valence-corrected chi connectivity index (χ4v) is 5.64. The highest BCUT2D eigenvalue weighted by Crippen LogP contribution is 2.35. The number of thiazole rings is 1. The number of nitrogens with two attached hydrogens (primary N) is 1. The molecule has 11 nitrogen and oxygen atoms in total. The highest BCUT2D eigenvalue weighted by atomic mass is 35.5. The lowest BCUT2D eigenvalue weighted by molar-refractivity contribution is 0.102. The van der Waals surface area contributed by atoms with Gasteiger partial charge < -0.3 is 30.0 Å². The molecule has 1 atom stereocenters. The molecule has 0 saturated carbocycles. The lowest BCUT2D eigenvalue weighted by Gasteiger charge is -2.32. The lowest BCUT2D eigenvalue weighted by Crippen LogP contribution is -2.43. The third kappa shape index (κ3) is 5.44. The van der Waals surface area contributed by atoms with Crippen LogP contribution in [-0.4, -0.2) is 71.3 Å². The number of halogens is 1. The van der Waals surface area contributed by atoms with Gasteiger partial charge in [-0.3, -0.25) is 9.78 Å². The van der Waals surface area contributed by atoms with Gasteiger partial charge in [-0.25, -0.2) is 9.97 Å². The van der Waals surface area contributed by atoms with Gasteiger partial charge in [-0.1, -0.05) is 11.3 Å². The number of pyridine rings is 2. The maximum Gasteiger partial charge on any atom is 0.277 e. The van der Waals surface area contributed by atoms with Crippen molar-refractivity contribution in [3.63, 3.8) is 0 Å². The van der Waals surface area contributed by atoms with Gasteiger partial charge in [0.2, 0.25) is 5.89 Å². The minimum absolute atomic E-state index is 0. The topological polar surface area (TPSA) is 136 Å². The Morgan fingerprint density at radius 1 is 1.16 bits per heavy atom. The SMILES string of the molecule is Cc1cc(-c2nc(C(=O)Nc3cc4sc(N5CCOCC5)nc4nc3N3CCC[C@H](N)C3)co2)ccn1.Cl. The number of aryl methyl sites for hydroxylation is 1. The normalized spacial score (nSPS) is 17.9. The van der Waals surface area contributed by atoms with Crippen LogP contribution >= 0.6 is 23.7 Å². The molecule has 6 rings (SSSR count). The Labute approximate surface area is 229 Å². The number of rotatable bonds is 5. The van der Waals surface area contributed by atoms with Gasteiger partial charge >= 0.3 is 0 Å². The molecule has 38 heavy (non-hydrogen) atoms. The predicted molar refractivity (Wildman–Crippen MR) is 150 cm³/mol. The van der Waals surface area contributed by atoms with Gasteiger partial charge in [0.15, 0.2) is 22.3 Å². The van der Waals surface area contributed by atoms with E-state index in [0.29, 0.717) is 42.8 Å². The van der Waals surface area contributed by atoms with E-state index in [0.717, 1.165) is 53.6 Å². The summed E-state index contributed by atoms with van der Waals surface area (Å²) in [6.07, 6.45) is 4.98. The summed E-state index contributed by atoms with van der Waals surface area (Å²) in [5, 5.41) is 3.93. The first kappa shape index (κ1) is 26.3. The molecule has 3 N–H and O–H groups in total. The number of carbonyl (C=O) groups excluding carboxylic acids is 1. The lowest BCUT2D eigenvalue weighted by atomic mass is 10.1. The number of hydrogen-bond donors (Lipinski definition) is 2. The molecule has 6 heterocycles. The van der Waals surface area contributed by atoms with E-state index < -0.39 is 0 Å². The number of aromatic nitrogens is 4. The van der Waals surface area contributed by atoms with Crippen LogP contribution < -0.4 is 20.9 Å². The van der Waals surface area contributed by atoms with E-state index in [4.69, 9.17) is 24.9 Å². The van der Waals surface area contributed by atoms with Gasteiger partial charge in [-0.05, 0) is 38.0 Å². The van der Waals surface area contributed by atoms with Gasteiger partial charge in [0.05, 0.1) is 23.6 Å². The first-order valence-corrected chi connectivity index (χ1v) is 13.2. The number of morpholine rings is 1. The van der Waals surface area contributed by atoms with E-state index in [1.54, 1.807) is 23.6 Å². The number of piperidine rings is 1. The molecule has 2 aliphatic rings. The number of carbonyl (C=O) groups is 1. The molecule has 2 fully saturated rings. The van der Waals surface area contributed by atoms with E-state index in [9.17, 15) is 4.79 Å². The number of oxazole rings is 1. The summed E-state index contributed by atoms with van der Waals surface area (Å²) in [6.45, 7) is 6.32. The van der Waals surface area contributed by atoms with Crippen molar-refractivity contribution >= 4 is 56.6 Å². The first-order valence-electron chi connectivity index (χ1n) is 12.4. The van der Waals surface area contributed by atoms with Crippen LogP contribution in [0.15, 0.2) is 35.1 Å². The Morgan fingerprint density at radius 3 is 2.79 bits per heavy atom. The molecule has 200 valence electrons. The molecule has 0 bridgehead atoms. The summed E-state index contributed by atoms with van der Waals surface area (Å²) in [6, 6.07) is 5.66. The molecule has 0 aromatic carbocycles. The molecule has 2 aliphatic heterocycles. The summed E-state index contributed by atoms with van der Waals surface area (Å²) < 4.78 is 12.0. The Hall–Kier alpha value is -3.32. The van der Waals surface area contributed by atoms with E-state index in [1.807, 2.05) is 19.1 Å². The van der Waals surface area contributed by atoms with Crippen LogP contribution in [0.2, 0.25) is 0 Å². The van der Waals surface area contributed by atoms with Crippen LogP contribution in [-0.2, 0) is 4.74 Å². The maximum absolute atomic E-state index is 13.3. The summed E-state index contributed by atoms with van der Waals surface area (Å²) in [4.78, 5) is 35.9. The average molecular weight is 557 g/mol. The zero-order valence-electron chi connectivity index (χ0n) is 20.9. The van der Waals surface area contributed by atoms with E-state index in [-0.39, 0.29) is 30.0 Å². The van der Waals surface area contributed by atoms with Gasteiger partial charge in [0, 0.05) is 49.7 Å². The summed E-state index contributed by atoms with van der Waals surface area (Å²) in [5.41, 5.74) is 9.32. The van der Waals surface area contributed by atoms with Crippen LogP contribution in [0.1, 0.15) is 29.0 Å². The smallest absolute Gasteiger partial charge is 0.277 e. The second-order valence-corrected chi connectivity index (χ2v) is 10.3. The van der Waals surface area contributed by atoms with Crippen LogP contribution in [0, 0.1) is 6.92 Å². The number of fused-ring (bicyclic) bond motifs is 1. The molecule has 13 heteroatoms. The molecule has 4 aromatic rings. The minimum Gasteiger partial charge on any atom is -0.444 e. The monoisotopic (exact) mass is 556 g/mol. The van der Waals surface area contributed by atoms with Crippen molar-refractivity contribution in [2.24, 2.45) is 5.73 Å². The molecule has 1 amide bonds. The van der Waals surface area contributed by atoms with Crippen LogP contribution in [0.4, 0.5) is 16.6 Å². The van der Waals surface area contributed by atoms with E-state index in [1.165, 1.54) is 6.26 Å². The molecule has 0 spiro atoms. The van der Waals surface area contributed by atoms with Gasteiger partial charge in [0.25, 0.3) is 5.91 Å². The zero-order valence-corrected chi connectivity index (χ0v) is 22.6. The summed E-state index contributed by atoms with van der Waals surface area (Å²) in [7, 11) is 0. The van der Waals surface area contributed by atoms with Crippen molar-refractivity contribution < 1.29 is 13.9 Å². The first-order chi connectivity index (χ1) is 18.0. The average Bonchev–Trinajstić information content (AvgIpc) is 3.56. The molecule has 2 saturated heterocycles. The standard InChI is InChI=1S/C25H28N8O3S.ClH/c1-15-11-16(4-5-27-15)24-29-19(14-36-24)23(34)28-18-12-20-21(30-22(18)33-6-2-3-17(26)13-33)31-25(37-20)32-7-9-35-10-8-32;/h4-5,11-12,14,17H,2-3,6-10,13,26H2,1H3,(H,28,34);1H/t17-;/m0./s1. The minimum atomic E-state index is -0.373. The highest BCUT2D eigenvalue weighted by molar-refractivity contribution is 7.22. The van der Waals surface area contributed by atoms with Gasteiger partial charge in [0.1, 0.15) is 6.26 Å². The fraction of sp³-hybridized carbons (Fsp3) is 0.400. The van der Waals surface area contributed by atoms with Crippen LogP contribution in [0.5, 0.6) is 0 Å². The Bertz CT molecular complexity index is 1440. The molecular weight excluding hydrogens is 528 g/mol. The van der Waals surface area contributed by atoms with Crippen LogP contribution in [0.25, 0.3) is 21.8 Å². The summed E-state index contributed by atoms with van der Waals surface area (Å²) >= 11 is 1.56. The van der Waals surface area contributed by atoms with Crippen LogP contribution in [0.3, 0.4) is 0 Å². The van der Waals surface area contributed by atoms with Crippen molar-refractivity contribution in [2.45, 2.75) is 25.8 Å². The number of nitrogens with one attached hydrogen (secondary N) is 1. The second-order valence-electron chi connectivity index (χ2n) is 9.30. The third-order valence-corrected chi connectivity index (χ3v) is 7.57. The zero-order chi connectivity index (χ0) is 25.4. The van der Waals surface area contributed by atoms with Crippen molar-refractivity contribution in [1.82, 2.24) is 19.9 Å². The largest absolute Gasteiger partial charge is 0.444 e. The number of ether oxygens (including phenoxy) is 1. The number of nitrogens with zero attached hydrogens (tertiary/aromatic N) is 6. The Balaban J connectivity index is 0.00000294. The quantitative estimate of drug-likeness (QED) is 0.376. The third-order valence-electron chi connectivity index (χ3n) is 6.52. The van der Waals surface area contributed by atoms with Gasteiger partial charge in [-0.2, -0.15) is 4.98 Å². The van der Waals surface area contributed by atoms with Crippen molar-refractivity contribution in [1.29, 1.82) is 0 Å². The fourth-order valence-electron chi connectivity index (χ4n) is 4.64. The Morgan fingerprint density at radius 2 is 2.00 bits per heavy atom. The summed E-state index contributed by atoms with van der Waals surface area (Å²) in [5.74, 6) is 0.662. The van der Waals surface area contributed by atoms with E-state index >= 15 is 0 Å². The molecule has 0 radical (unpaired) electrons. The predicted octanol–water partition coefficient (Wildman–Crippen LogP) is 3.49. The van der Waals surface area contributed by atoms with E-state index in [2.05, 4.69) is 25.1 Å². The molecule has 0 aliphatic carbocycles. The maximum atomic E-state index is 13.3. The molecular formula is C25H29ClN8O3S. The Kier molecular flexibility index (Phi) is 7.75.